The van der Waals surface area contributed by atoms with Gasteiger partial charge >= 0.3 is 0 Å². The van der Waals surface area contributed by atoms with E-state index < -0.39 is 0 Å². The molecule has 0 aliphatic carbocycles. The number of aromatic nitrogens is 2. The Morgan fingerprint density at radius 3 is 2.93 bits per heavy atom. The molecular formula is C33H40N6O3. The number of carbonyl (C=O) groups is 2. The number of hydrogen-bond donors (Lipinski definition) is 2. The van der Waals surface area contributed by atoms with Crippen LogP contribution < -0.4 is 20.3 Å². The first-order valence-electron chi connectivity index (χ1n) is 14.7. The second-order valence-electron chi connectivity index (χ2n) is 11.0. The summed E-state index contributed by atoms with van der Waals surface area (Å²) in [5.74, 6) is 1.15. The van der Waals surface area contributed by atoms with E-state index >= 15 is 0 Å². The fourth-order valence-corrected chi connectivity index (χ4v) is 5.57. The maximum absolute atomic E-state index is 13.1. The largest absolute Gasteiger partial charge is 0.489 e. The highest BCUT2D eigenvalue weighted by Crippen LogP contribution is 2.29. The molecule has 4 heterocycles. The van der Waals surface area contributed by atoms with Gasteiger partial charge in [-0.15, -0.1) is 0 Å². The SMILES string of the molecule is CN(CCc1ccccn1)c1ccc2c(c1)CNCC(=O)N1CC[C@@H](CC(=O)NCc3cccnc3)[C@@H](/C=C/CO2)C1. The predicted octanol–water partition coefficient (Wildman–Crippen LogP) is 3.36. The minimum Gasteiger partial charge on any atom is -0.489 e. The van der Waals surface area contributed by atoms with Gasteiger partial charge in [-0.2, -0.15) is 0 Å². The minimum atomic E-state index is 0.0209. The van der Waals surface area contributed by atoms with Gasteiger partial charge in [0, 0.05) is 88.1 Å². The molecule has 2 N–H and O–H groups in total. The first-order valence-corrected chi connectivity index (χ1v) is 14.7. The van der Waals surface area contributed by atoms with E-state index in [0.29, 0.717) is 39.2 Å². The van der Waals surface area contributed by atoms with E-state index in [1.165, 1.54) is 0 Å². The number of amides is 2. The monoisotopic (exact) mass is 568 g/mol. The Balaban J connectivity index is 1.22. The molecule has 0 radical (unpaired) electrons. The average Bonchev–Trinajstić information content (AvgIpc) is 3.03. The summed E-state index contributed by atoms with van der Waals surface area (Å²) in [6.45, 7) is 3.77. The van der Waals surface area contributed by atoms with E-state index in [1.807, 2.05) is 53.6 Å². The van der Waals surface area contributed by atoms with E-state index in [4.69, 9.17) is 4.74 Å². The van der Waals surface area contributed by atoms with Gasteiger partial charge in [-0.05, 0) is 60.2 Å². The smallest absolute Gasteiger partial charge is 0.236 e. The molecule has 1 saturated heterocycles. The molecule has 5 rings (SSSR count). The van der Waals surface area contributed by atoms with Crippen molar-refractivity contribution in [2.45, 2.75) is 32.4 Å². The van der Waals surface area contributed by atoms with Crippen LogP contribution in [-0.4, -0.2) is 66.5 Å². The van der Waals surface area contributed by atoms with Crippen LogP contribution in [0.1, 0.15) is 29.7 Å². The molecule has 2 aromatic heterocycles. The number of piperidine rings is 1. The summed E-state index contributed by atoms with van der Waals surface area (Å²) in [4.78, 5) is 38.6. The second kappa shape index (κ2) is 14.6. The third-order valence-electron chi connectivity index (χ3n) is 8.04. The first-order chi connectivity index (χ1) is 20.5. The fourth-order valence-electron chi connectivity index (χ4n) is 5.57. The van der Waals surface area contributed by atoms with Crippen LogP contribution in [0.3, 0.4) is 0 Å². The van der Waals surface area contributed by atoms with E-state index in [1.54, 1.807) is 12.4 Å². The molecule has 3 aromatic rings. The average molecular weight is 569 g/mol. The zero-order chi connectivity index (χ0) is 29.1. The second-order valence-corrected chi connectivity index (χ2v) is 11.0. The number of pyridine rings is 2. The Hall–Kier alpha value is -4.24. The molecule has 0 saturated carbocycles. The van der Waals surface area contributed by atoms with Crippen molar-refractivity contribution >= 4 is 17.5 Å². The van der Waals surface area contributed by atoms with E-state index in [9.17, 15) is 9.59 Å². The summed E-state index contributed by atoms with van der Waals surface area (Å²) in [5, 5.41) is 6.36. The van der Waals surface area contributed by atoms with E-state index in [0.717, 1.165) is 47.6 Å². The van der Waals surface area contributed by atoms with Crippen molar-refractivity contribution in [3.05, 3.63) is 96.1 Å². The van der Waals surface area contributed by atoms with Gasteiger partial charge in [-0.25, -0.2) is 0 Å². The first kappa shape index (κ1) is 29.3. The standard InChI is InChI=1S/C33H40N6O3/c1-38(15-12-29-8-2-3-14-36-29)30-9-10-31-28(18-30)22-35-23-33(41)39-16-11-26(27(24-39)7-5-17-42-31)19-32(40)37-21-25-6-4-13-34-20-25/h2-10,13-14,18,20,26-27,35H,11-12,15-17,19,21-24H2,1H3,(H,37,40)/b7-5+/t26-,27-/m0/s1. The molecule has 2 amide bonds. The quantitative estimate of drug-likeness (QED) is 0.402. The van der Waals surface area contributed by atoms with Gasteiger partial charge in [0.1, 0.15) is 12.4 Å². The molecule has 9 heteroatoms. The van der Waals surface area contributed by atoms with Gasteiger partial charge in [0.25, 0.3) is 0 Å². The van der Waals surface area contributed by atoms with Crippen molar-refractivity contribution in [2.75, 3.05) is 44.7 Å². The summed E-state index contributed by atoms with van der Waals surface area (Å²) in [5.41, 5.74) is 4.14. The van der Waals surface area contributed by atoms with Gasteiger partial charge in [-0.3, -0.25) is 19.6 Å². The van der Waals surface area contributed by atoms with Crippen LogP contribution in [0.4, 0.5) is 5.69 Å². The zero-order valence-corrected chi connectivity index (χ0v) is 24.2. The van der Waals surface area contributed by atoms with Crippen molar-refractivity contribution in [1.82, 2.24) is 25.5 Å². The van der Waals surface area contributed by atoms with E-state index in [2.05, 4.69) is 50.8 Å². The molecule has 2 aliphatic rings. The maximum atomic E-state index is 13.1. The van der Waals surface area contributed by atoms with Crippen LogP contribution in [0.25, 0.3) is 0 Å². The summed E-state index contributed by atoms with van der Waals surface area (Å²) in [7, 11) is 2.08. The summed E-state index contributed by atoms with van der Waals surface area (Å²) < 4.78 is 6.19. The lowest BCUT2D eigenvalue weighted by Crippen LogP contribution is -2.47. The van der Waals surface area contributed by atoms with Gasteiger partial charge in [-0.1, -0.05) is 24.3 Å². The van der Waals surface area contributed by atoms with Crippen LogP contribution in [0, 0.1) is 11.8 Å². The van der Waals surface area contributed by atoms with Crippen LogP contribution in [0.5, 0.6) is 5.75 Å². The molecule has 0 spiro atoms. The highest BCUT2D eigenvalue weighted by molar-refractivity contribution is 5.79. The number of hydrogen-bond acceptors (Lipinski definition) is 7. The number of fused-ring (bicyclic) bond motifs is 3. The van der Waals surface area contributed by atoms with Crippen molar-refractivity contribution < 1.29 is 14.3 Å². The molecule has 9 nitrogen and oxygen atoms in total. The molecular weight excluding hydrogens is 528 g/mol. The number of nitrogens with one attached hydrogen (secondary N) is 2. The number of carbonyl (C=O) groups excluding carboxylic acids is 2. The Kier molecular flexibility index (Phi) is 10.2. The summed E-state index contributed by atoms with van der Waals surface area (Å²) in [6.07, 6.45) is 11.5. The molecule has 1 fully saturated rings. The van der Waals surface area contributed by atoms with Gasteiger partial charge in [0.2, 0.25) is 11.8 Å². The molecule has 42 heavy (non-hydrogen) atoms. The molecule has 220 valence electrons. The Morgan fingerprint density at radius 2 is 2.10 bits per heavy atom. The minimum absolute atomic E-state index is 0.0209. The van der Waals surface area contributed by atoms with Gasteiger partial charge < -0.3 is 25.2 Å². The number of ether oxygens (including phenoxy) is 1. The highest BCUT2D eigenvalue weighted by atomic mass is 16.5. The topological polar surface area (TPSA) is 99.7 Å². The van der Waals surface area contributed by atoms with Gasteiger partial charge in [0.05, 0.1) is 6.54 Å². The number of anilines is 1. The van der Waals surface area contributed by atoms with Crippen molar-refractivity contribution in [1.29, 1.82) is 0 Å². The Morgan fingerprint density at radius 1 is 1.17 bits per heavy atom. The van der Waals surface area contributed by atoms with Crippen molar-refractivity contribution in [2.24, 2.45) is 11.8 Å². The van der Waals surface area contributed by atoms with Crippen molar-refractivity contribution in [3.8, 4) is 5.75 Å². The van der Waals surface area contributed by atoms with Gasteiger partial charge in [0.15, 0.2) is 0 Å². The molecule has 0 unspecified atom stereocenters. The number of benzene rings is 1. The molecule has 1 aromatic carbocycles. The van der Waals surface area contributed by atoms with Crippen LogP contribution in [0.2, 0.25) is 0 Å². The number of likely N-dealkylation sites (N-methyl/N-ethyl adjacent to an activating group) is 1. The highest BCUT2D eigenvalue weighted by Gasteiger charge is 2.31. The third-order valence-corrected chi connectivity index (χ3v) is 8.04. The fraction of sp³-hybridized carbons (Fsp3) is 0.394. The molecule has 2 aliphatic heterocycles. The Labute approximate surface area is 248 Å². The normalized spacial score (nSPS) is 19.7. The van der Waals surface area contributed by atoms with E-state index in [-0.39, 0.29) is 30.2 Å². The third kappa shape index (κ3) is 8.16. The van der Waals surface area contributed by atoms with Crippen molar-refractivity contribution in [3.63, 3.8) is 0 Å². The van der Waals surface area contributed by atoms with Crippen LogP contribution in [-0.2, 0) is 29.1 Å². The predicted molar refractivity (Wildman–Crippen MR) is 163 cm³/mol. The summed E-state index contributed by atoms with van der Waals surface area (Å²) in [6, 6.07) is 16.0. The van der Waals surface area contributed by atoms with Crippen LogP contribution >= 0.6 is 0 Å². The number of rotatable bonds is 8. The molecule has 2 atom stereocenters. The lowest BCUT2D eigenvalue weighted by Gasteiger charge is -2.37. The number of nitrogens with zero attached hydrogens (tertiary/aromatic N) is 4. The lowest BCUT2D eigenvalue weighted by molar-refractivity contribution is -0.132. The lowest BCUT2D eigenvalue weighted by atomic mass is 9.82. The zero-order valence-electron chi connectivity index (χ0n) is 24.2. The maximum Gasteiger partial charge on any atom is 0.236 e. The summed E-state index contributed by atoms with van der Waals surface area (Å²) >= 11 is 0. The molecule has 2 bridgehead atoms. The Bertz CT molecular complexity index is 1350. The van der Waals surface area contributed by atoms with Crippen LogP contribution in [0.15, 0.2) is 79.3 Å².